The molecule has 5 heterocycles. The fourth-order valence-corrected chi connectivity index (χ4v) is 8.16. The van der Waals surface area contributed by atoms with Gasteiger partial charge in [-0.1, -0.05) is 118 Å². The van der Waals surface area contributed by atoms with Crippen molar-refractivity contribution in [2.24, 2.45) is 5.73 Å². The van der Waals surface area contributed by atoms with Crippen LogP contribution in [0.5, 0.6) is 0 Å². The maximum absolute atomic E-state index is 12.3. The molecule has 0 spiro atoms. The molecule has 0 aliphatic heterocycles. The Kier molecular flexibility index (Phi) is 37.9. The molecule has 504 valence electrons. The Bertz CT molecular complexity index is 3990. The van der Waals surface area contributed by atoms with Crippen molar-refractivity contribution in [2.45, 2.75) is 58.8 Å². The largest absolute Gasteiger partial charge is 0.469 e. The number of rotatable bonds is 14. The number of carbonyl (C=O) groups excluding carboxylic acids is 9. The lowest BCUT2D eigenvalue weighted by Crippen LogP contribution is -2.29. The van der Waals surface area contributed by atoms with Crippen molar-refractivity contribution in [2.75, 3.05) is 31.0 Å². The Hall–Kier alpha value is -7.86. The van der Waals surface area contributed by atoms with Gasteiger partial charge in [-0.2, -0.15) is 0 Å². The molecule has 0 saturated heterocycles. The van der Waals surface area contributed by atoms with Gasteiger partial charge in [-0.3, -0.25) is 48.5 Å². The van der Waals surface area contributed by atoms with Crippen molar-refractivity contribution in [3.63, 3.8) is 0 Å². The Morgan fingerprint density at radius 2 is 1.05 bits per heavy atom. The number of anilines is 3. The molecule has 95 heavy (non-hydrogen) atoms. The Labute approximate surface area is 600 Å². The second-order valence-corrected chi connectivity index (χ2v) is 24.0. The topological polar surface area (TPSA) is 380 Å². The molecule has 0 aliphatic carbocycles. The molecule has 34 heteroatoms. The number of aldehydes is 3. The van der Waals surface area contributed by atoms with E-state index in [-0.39, 0.29) is 70.0 Å². The highest BCUT2D eigenvalue weighted by Gasteiger charge is 2.19. The highest BCUT2D eigenvalue weighted by atomic mass is 79.9. The van der Waals surface area contributed by atoms with E-state index in [9.17, 15) is 47.9 Å². The van der Waals surface area contributed by atoms with Crippen LogP contribution in [0.3, 0.4) is 0 Å². The van der Waals surface area contributed by atoms with Crippen LogP contribution in [0, 0.1) is 0 Å². The predicted molar refractivity (Wildman–Crippen MR) is 375 cm³/mol. The molecule has 0 aliphatic rings. The van der Waals surface area contributed by atoms with Crippen LogP contribution in [-0.4, -0.2) is 98.7 Å². The van der Waals surface area contributed by atoms with Gasteiger partial charge in [-0.25, -0.2) is 24.7 Å². The average Bonchev–Trinajstić information content (AvgIpc) is 0.809. The molecule has 10 N–H and O–H groups in total. The summed E-state index contributed by atoms with van der Waals surface area (Å²) in [7, 11) is 2.44. The van der Waals surface area contributed by atoms with Crippen molar-refractivity contribution >= 4 is 207 Å². The quantitative estimate of drug-likeness (QED) is 0.0175. The lowest BCUT2D eigenvalue weighted by Gasteiger charge is -2.19. The van der Waals surface area contributed by atoms with Gasteiger partial charge < -0.3 is 47.0 Å². The molecule has 8 rings (SSSR count). The van der Waals surface area contributed by atoms with Crippen molar-refractivity contribution < 1.29 is 57.4 Å². The first kappa shape index (κ1) is 83.2. The van der Waals surface area contributed by atoms with Crippen molar-refractivity contribution in [1.29, 1.82) is 0 Å². The summed E-state index contributed by atoms with van der Waals surface area (Å²) in [4.78, 5) is 127. The van der Waals surface area contributed by atoms with Gasteiger partial charge >= 0.3 is 18.0 Å². The first-order chi connectivity index (χ1) is 44.8. The molecule has 0 bridgehead atoms. The van der Waals surface area contributed by atoms with Gasteiger partial charge in [0.1, 0.15) is 47.1 Å². The number of aromatic nitrogens is 5. The summed E-state index contributed by atoms with van der Waals surface area (Å²) < 4.78 is 14.7. The smallest absolute Gasteiger partial charge is 0.413 e. The number of pyridine rings is 5. The van der Waals surface area contributed by atoms with E-state index in [4.69, 9.17) is 115 Å². The maximum Gasteiger partial charge on any atom is 0.413 e. The van der Waals surface area contributed by atoms with Crippen LogP contribution in [-0.2, 0) is 53.0 Å². The zero-order chi connectivity index (χ0) is 71.5. The third-order valence-electron chi connectivity index (χ3n) is 10.9. The van der Waals surface area contributed by atoms with E-state index >= 15 is 0 Å². The Balaban J connectivity index is 0.000000391. The summed E-state index contributed by atoms with van der Waals surface area (Å²) in [5, 5.41) is 10.7. The number of H-pyrrole nitrogens is 1. The number of esters is 2. The SMILES string of the molecule is CC(C)(C)OC(=O)Nc1nccc(Cl)c1C=O.COC(=O)CC(=O)Cl.COC(=O)CC(=O)NCc1ccc(Cl)cc1.NCc1ccc(Cl)cc1.Nc1ncc(Br)c(Cl)c1C=O.Nc1nccc(Cl)c1C=O.O=C(NCc1ccc(Cl)cc1)c1cc2c(Cl)c(Br)cnc2[nH]c1=O. The number of nitrogens with two attached hydrogens (primary N) is 3. The molecule has 0 saturated carbocycles. The number of hydrogen-bond acceptors (Lipinski definition) is 20. The minimum Gasteiger partial charge on any atom is -0.469 e. The van der Waals surface area contributed by atoms with E-state index < -0.39 is 40.3 Å². The molecular weight excluding hydrogens is 1540 g/mol. The van der Waals surface area contributed by atoms with Crippen LogP contribution >= 0.6 is 125 Å². The maximum atomic E-state index is 12.3. The molecule has 0 radical (unpaired) electrons. The van der Waals surface area contributed by atoms with Crippen LogP contribution in [0.4, 0.5) is 22.2 Å². The zero-order valence-corrected chi connectivity index (χ0v) is 59.6. The number of aromatic amines is 1. The molecule has 0 fully saturated rings. The van der Waals surface area contributed by atoms with Gasteiger partial charge in [0.15, 0.2) is 18.9 Å². The number of ether oxygens (including phenoxy) is 3. The summed E-state index contributed by atoms with van der Waals surface area (Å²) in [5.74, 6) is -1.61. The summed E-state index contributed by atoms with van der Waals surface area (Å²) in [6.07, 6.45) is 6.18. The molecule has 0 atom stereocenters. The molecule has 3 amide bonds. The number of methoxy groups -OCH3 is 2. The lowest BCUT2D eigenvalue weighted by atomic mass is 10.2. The molecule has 5 aromatic heterocycles. The fourth-order valence-electron chi connectivity index (χ4n) is 6.27. The third-order valence-corrected chi connectivity index (χ3v) is 14.9. The van der Waals surface area contributed by atoms with Gasteiger partial charge in [-0.05, 0) is 136 Å². The molecular formula is C61H57Br2Cl8N11O13. The van der Waals surface area contributed by atoms with Crippen LogP contribution < -0.4 is 38.7 Å². The number of nitrogens with zero attached hydrogens (tertiary/aromatic N) is 4. The van der Waals surface area contributed by atoms with E-state index in [1.807, 2.05) is 24.3 Å². The van der Waals surface area contributed by atoms with Gasteiger partial charge in [-0.15, -0.1) is 0 Å². The van der Waals surface area contributed by atoms with E-state index in [2.05, 4.69) is 82.2 Å². The summed E-state index contributed by atoms with van der Waals surface area (Å²) in [6, 6.07) is 26.1. The first-order valence-corrected chi connectivity index (χ1v) is 31.1. The van der Waals surface area contributed by atoms with Crippen LogP contribution in [0.1, 0.15) is 91.7 Å². The van der Waals surface area contributed by atoms with Gasteiger partial charge in [0, 0.05) is 64.9 Å². The standard InChI is InChI=1S/C16H10BrCl2N3O2.C11H13ClN2O3.C11H12ClNO3.C7H8ClN.C6H4BrClN2O.C6H5ClN2O.C4H5ClO3/c17-12-7-20-14-10(13(12)19)5-11(16(24)22-14)15(23)21-6-8-1-3-9(18)4-2-8;1-11(2,3)17-10(16)14-9-7(6-15)8(12)4-5-13-9;1-16-11(15)6-10(14)13-7-8-2-4-9(12)5-3-8;8-7-3-1-6(5-9)2-4-7;7-4-1-10-6(9)3(2-11)5(4)8;7-5-1-2-9-6(8)4(5)3-10;1-8-4(7)2-3(5)6/h1-5,7H,6H2,(H,21,23)(H,20,22,24);4-6H,1-3H3,(H,13,14,16);2-5H,6-7H2,1H3,(H,13,14);1-4H,5,9H2;1-2H,(H2,9,10);1-3H,(H2,8,9);2H2,1H3. The molecule has 8 aromatic rings. The number of nitrogens with one attached hydrogen (secondary N) is 4. The number of hydrogen-bond donors (Lipinski definition) is 7. The monoisotopic (exact) mass is 1590 g/mol. The highest BCUT2D eigenvalue weighted by Crippen LogP contribution is 2.29. The van der Waals surface area contributed by atoms with Gasteiger partial charge in [0.2, 0.25) is 11.1 Å². The van der Waals surface area contributed by atoms with Crippen LogP contribution in [0.25, 0.3) is 11.0 Å². The third kappa shape index (κ3) is 31.5. The number of nitrogen functional groups attached to an aromatic ring is 2. The average molecular weight is 1600 g/mol. The number of amides is 3. The van der Waals surface area contributed by atoms with Gasteiger partial charge in [0.05, 0.1) is 59.9 Å². The van der Waals surface area contributed by atoms with E-state index in [0.29, 0.717) is 77.0 Å². The second kappa shape index (κ2) is 43.3. The van der Waals surface area contributed by atoms with E-state index in [0.717, 1.165) is 21.7 Å². The number of carbonyl (C=O) groups is 9. The second-order valence-electron chi connectivity index (χ2n) is 18.9. The minimum absolute atomic E-state index is 0.0294. The number of benzene rings is 3. The van der Waals surface area contributed by atoms with Crippen molar-refractivity contribution in [3.8, 4) is 0 Å². The highest BCUT2D eigenvalue weighted by molar-refractivity contribution is 9.10. The first-order valence-electron chi connectivity index (χ1n) is 26.5. The summed E-state index contributed by atoms with van der Waals surface area (Å²) in [5.41, 5.74) is 18.7. The number of fused-ring (bicyclic) bond motifs is 1. The molecule has 3 aromatic carbocycles. The molecule has 0 unspecified atom stereocenters. The zero-order valence-electron chi connectivity index (χ0n) is 50.3. The van der Waals surface area contributed by atoms with Gasteiger partial charge in [0.25, 0.3) is 11.5 Å². The minimum atomic E-state index is -0.697. The summed E-state index contributed by atoms with van der Waals surface area (Å²) >= 11 is 51.6. The number of halogens is 10. The molecule has 24 nitrogen and oxygen atoms in total. The van der Waals surface area contributed by atoms with Crippen molar-refractivity contribution in [1.82, 2.24) is 35.6 Å². The Morgan fingerprint density at radius 3 is 1.49 bits per heavy atom. The lowest BCUT2D eigenvalue weighted by molar-refractivity contribution is -0.144. The van der Waals surface area contributed by atoms with E-state index in [1.165, 1.54) is 57.2 Å². The normalized spacial score (nSPS) is 9.98. The Morgan fingerprint density at radius 1 is 0.600 bits per heavy atom. The van der Waals surface area contributed by atoms with E-state index in [1.54, 1.807) is 69.3 Å². The van der Waals surface area contributed by atoms with Crippen LogP contribution in [0.15, 0.2) is 130 Å². The fraction of sp³-hybridized carbons (Fsp3) is 0.180. The van der Waals surface area contributed by atoms with Crippen LogP contribution in [0.2, 0.25) is 35.2 Å². The van der Waals surface area contributed by atoms with Crippen molar-refractivity contribution in [3.05, 3.63) is 209 Å². The predicted octanol–water partition coefficient (Wildman–Crippen LogP) is 13.5. The summed E-state index contributed by atoms with van der Waals surface area (Å²) in [6.45, 7) is 6.43.